The molecule has 0 spiro atoms. The van der Waals surface area contributed by atoms with Crippen LogP contribution in [0.1, 0.15) is 37.0 Å². The van der Waals surface area contributed by atoms with E-state index in [4.69, 9.17) is 0 Å². The van der Waals surface area contributed by atoms with Gasteiger partial charge in [0.2, 0.25) is 0 Å². The summed E-state index contributed by atoms with van der Waals surface area (Å²) in [7, 11) is 0. The molecule has 2 nitrogen and oxygen atoms in total. The van der Waals surface area contributed by atoms with E-state index in [-0.39, 0.29) is 5.41 Å². The van der Waals surface area contributed by atoms with E-state index in [0.717, 1.165) is 35.6 Å². The second-order valence-electron chi connectivity index (χ2n) is 15.5. The van der Waals surface area contributed by atoms with E-state index in [0.29, 0.717) is 0 Å². The third-order valence-corrected chi connectivity index (χ3v) is 11.7. The van der Waals surface area contributed by atoms with Crippen molar-refractivity contribution in [3.8, 4) is 11.1 Å². The van der Waals surface area contributed by atoms with Gasteiger partial charge in [0, 0.05) is 44.3 Å². The Morgan fingerprint density at radius 3 is 1.50 bits per heavy atom. The fourth-order valence-electron chi connectivity index (χ4n) is 9.04. The summed E-state index contributed by atoms with van der Waals surface area (Å²) < 4.78 is 0. The molecule has 0 radical (unpaired) electrons. The first-order chi connectivity index (χ1) is 26.5. The molecule has 0 atom stereocenters. The van der Waals surface area contributed by atoms with Crippen molar-refractivity contribution in [1.82, 2.24) is 0 Å². The first-order valence-electron chi connectivity index (χ1n) is 19.2. The van der Waals surface area contributed by atoms with Gasteiger partial charge in [0.1, 0.15) is 0 Å². The third kappa shape index (κ3) is 5.16. The van der Waals surface area contributed by atoms with Crippen molar-refractivity contribution >= 4 is 66.4 Å². The summed E-state index contributed by atoms with van der Waals surface area (Å²) in [6.45, 7) is 7.08. The number of hydrogen-bond donors (Lipinski definition) is 0. The summed E-state index contributed by atoms with van der Waals surface area (Å²) >= 11 is 0. The van der Waals surface area contributed by atoms with Gasteiger partial charge in [-0.15, -0.1) is 0 Å². The Bertz CT molecular complexity index is 2710. The predicted octanol–water partition coefficient (Wildman–Crippen LogP) is 14.7. The zero-order valence-corrected chi connectivity index (χ0v) is 31.1. The van der Waals surface area contributed by atoms with Crippen LogP contribution >= 0.6 is 0 Å². The summed E-state index contributed by atoms with van der Waals surface area (Å²) in [5, 5.41) is 7.98. The maximum atomic E-state index is 2.56. The third-order valence-electron chi connectivity index (χ3n) is 11.7. The standard InChI is InChI=1S/C52H42N2/c1-35-17-16-18-36(31-35)44-34-48(54(40-23-12-6-13-24-40)41-25-14-7-15-26-41)45-33-46-49-37(29-30-52(46,2)3)32-47(43-28-27-42(44)50(45)51(43)49)53(38-19-8-4-9-20-38)39-21-10-5-11-22-39/h4-28,31-34H,29-30H2,1-3H3. The summed E-state index contributed by atoms with van der Waals surface area (Å²) in [5.41, 5.74) is 13.6. The van der Waals surface area contributed by atoms with Crippen molar-refractivity contribution in [1.29, 1.82) is 0 Å². The molecule has 9 aromatic rings. The maximum absolute atomic E-state index is 2.56. The lowest BCUT2D eigenvalue weighted by molar-refractivity contribution is 0.475. The van der Waals surface area contributed by atoms with Crippen molar-refractivity contribution in [3.63, 3.8) is 0 Å². The second kappa shape index (κ2) is 12.6. The van der Waals surface area contributed by atoms with Crippen LogP contribution in [-0.2, 0) is 11.8 Å². The molecule has 0 unspecified atom stereocenters. The highest BCUT2D eigenvalue weighted by Crippen LogP contribution is 2.54. The quantitative estimate of drug-likeness (QED) is 0.153. The van der Waals surface area contributed by atoms with E-state index < -0.39 is 0 Å². The van der Waals surface area contributed by atoms with E-state index in [9.17, 15) is 0 Å². The van der Waals surface area contributed by atoms with Crippen molar-refractivity contribution < 1.29 is 0 Å². The van der Waals surface area contributed by atoms with E-state index >= 15 is 0 Å². The lowest BCUT2D eigenvalue weighted by Crippen LogP contribution is -2.24. The predicted molar refractivity (Wildman–Crippen MR) is 231 cm³/mol. The zero-order valence-electron chi connectivity index (χ0n) is 31.1. The second-order valence-corrected chi connectivity index (χ2v) is 15.5. The number of anilines is 6. The highest BCUT2D eigenvalue weighted by molar-refractivity contribution is 6.32. The Hall–Kier alpha value is -6.38. The largest absolute Gasteiger partial charge is 0.310 e. The number of para-hydroxylation sites is 4. The number of rotatable bonds is 7. The Morgan fingerprint density at radius 2 is 0.963 bits per heavy atom. The van der Waals surface area contributed by atoms with E-state index in [1.54, 1.807) is 0 Å². The van der Waals surface area contributed by atoms with Gasteiger partial charge >= 0.3 is 0 Å². The minimum Gasteiger partial charge on any atom is -0.310 e. The van der Waals surface area contributed by atoms with Crippen LogP contribution in [0.15, 0.2) is 176 Å². The summed E-state index contributed by atoms with van der Waals surface area (Å²) in [6.07, 6.45) is 2.13. The van der Waals surface area contributed by atoms with Crippen molar-refractivity contribution in [2.45, 2.75) is 39.0 Å². The van der Waals surface area contributed by atoms with Gasteiger partial charge < -0.3 is 9.80 Å². The minimum atomic E-state index is 0.0106. The van der Waals surface area contributed by atoms with Crippen LogP contribution in [0.4, 0.5) is 34.1 Å². The molecule has 54 heavy (non-hydrogen) atoms. The van der Waals surface area contributed by atoms with Gasteiger partial charge in [-0.2, -0.15) is 0 Å². The summed E-state index contributed by atoms with van der Waals surface area (Å²) in [4.78, 5) is 4.93. The highest BCUT2D eigenvalue weighted by atomic mass is 15.1. The molecule has 0 heterocycles. The lowest BCUT2D eigenvalue weighted by atomic mass is 9.70. The molecule has 1 aliphatic carbocycles. The highest BCUT2D eigenvalue weighted by Gasteiger charge is 2.33. The molecule has 10 rings (SSSR count). The fraction of sp³-hybridized carbons (Fsp3) is 0.115. The van der Waals surface area contributed by atoms with Crippen LogP contribution in [0, 0.1) is 6.92 Å². The first-order valence-corrected chi connectivity index (χ1v) is 19.2. The summed E-state index contributed by atoms with van der Waals surface area (Å²) in [5.74, 6) is 0. The topological polar surface area (TPSA) is 6.48 Å². The van der Waals surface area contributed by atoms with Gasteiger partial charge in [0.25, 0.3) is 0 Å². The number of aryl methyl sites for hydroxylation is 2. The Balaban J connectivity index is 1.41. The van der Waals surface area contributed by atoms with Gasteiger partial charge in [0.15, 0.2) is 0 Å². The smallest absolute Gasteiger partial charge is 0.0546 e. The van der Waals surface area contributed by atoms with Crippen LogP contribution in [0.2, 0.25) is 0 Å². The molecule has 0 saturated heterocycles. The van der Waals surface area contributed by atoms with Gasteiger partial charge in [-0.3, -0.25) is 0 Å². The van der Waals surface area contributed by atoms with E-state index in [1.807, 2.05) is 0 Å². The number of hydrogen-bond acceptors (Lipinski definition) is 2. The van der Waals surface area contributed by atoms with Gasteiger partial charge in [-0.25, -0.2) is 0 Å². The van der Waals surface area contributed by atoms with Gasteiger partial charge in [-0.1, -0.05) is 129 Å². The molecule has 0 amide bonds. The molecule has 0 aromatic heterocycles. The Kier molecular flexibility index (Phi) is 7.56. The van der Waals surface area contributed by atoms with Crippen LogP contribution in [0.5, 0.6) is 0 Å². The molecular weight excluding hydrogens is 653 g/mol. The number of nitrogens with zero attached hydrogens (tertiary/aromatic N) is 2. The normalized spacial score (nSPS) is 13.5. The lowest BCUT2D eigenvalue weighted by Gasteiger charge is -2.37. The minimum absolute atomic E-state index is 0.0106. The zero-order chi connectivity index (χ0) is 36.4. The van der Waals surface area contributed by atoms with Crippen LogP contribution < -0.4 is 9.80 Å². The SMILES string of the molecule is Cc1cccc(-c2cc(N(c3ccccc3)c3ccccc3)c3cc4c5c(cc(N(c6ccccc6)c6ccccc6)c6ccc2c3c65)CCC4(C)C)c1. The van der Waals surface area contributed by atoms with E-state index in [2.05, 4.69) is 206 Å². The molecule has 0 bridgehead atoms. The van der Waals surface area contributed by atoms with Gasteiger partial charge in [-0.05, 0) is 125 Å². The molecule has 0 fully saturated rings. The van der Waals surface area contributed by atoms with Crippen LogP contribution in [-0.4, -0.2) is 0 Å². The van der Waals surface area contributed by atoms with Crippen molar-refractivity contribution in [2.75, 3.05) is 9.80 Å². The summed E-state index contributed by atoms with van der Waals surface area (Å²) in [6, 6.07) is 64.8. The monoisotopic (exact) mass is 694 g/mol. The average molecular weight is 695 g/mol. The molecular formula is C52H42N2. The number of benzene rings is 9. The van der Waals surface area contributed by atoms with Crippen LogP contribution in [0.3, 0.4) is 0 Å². The average Bonchev–Trinajstić information content (AvgIpc) is 3.21. The molecule has 0 saturated carbocycles. The van der Waals surface area contributed by atoms with E-state index in [1.165, 1.54) is 71.5 Å². The first kappa shape index (κ1) is 32.3. The van der Waals surface area contributed by atoms with Crippen LogP contribution in [0.25, 0.3) is 43.4 Å². The van der Waals surface area contributed by atoms with Crippen molar-refractivity contribution in [2.24, 2.45) is 0 Å². The molecule has 2 heteroatoms. The van der Waals surface area contributed by atoms with Gasteiger partial charge in [0.05, 0.1) is 11.4 Å². The Morgan fingerprint density at radius 1 is 0.444 bits per heavy atom. The fourth-order valence-corrected chi connectivity index (χ4v) is 9.04. The molecule has 0 aliphatic heterocycles. The molecule has 9 aromatic carbocycles. The molecule has 1 aliphatic rings. The molecule has 0 N–H and O–H groups in total. The molecule has 260 valence electrons. The Labute approximate surface area is 317 Å². The van der Waals surface area contributed by atoms with Crippen molar-refractivity contribution in [3.05, 3.63) is 193 Å². The maximum Gasteiger partial charge on any atom is 0.0546 e.